The Kier molecular flexibility index (Phi) is 3.50. The second-order valence-corrected chi connectivity index (χ2v) is 6.75. The molecule has 0 radical (unpaired) electrons. The summed E-state index contributed by atoms with van der Waals surface area (Å²) in [5.74, 6) is 1.10. The largest absolute Gasteiger partial charge is 0.440 e. The van der Waals surface area contributed by atoms with Crippen molar-refractivity contribution in [3.05, 3.63) is 29.0 Å². The predicted molar refractivity (Wildman–Crippen MR) is 83.0 cm³/mol. The van der Waals surface area contributed by atoms with E-state index in [1.165, 1.54) is 0 Å². The van der Waals surface area contributed by atoms with Crippen LogP contribution in [-0.2, 0) is 4.74 Å². The first kappa shape index (κ1) is 14.0. The minimum Gasteiger partial charge on any atom is -0.440 e. The molecule has 2 aromatic rings. The third-order valence-electron chi connectivity index (χ3n) is 4.47. The molecule has 2 aromatic heterocycles. The van der Waals surface area contributed by atoms with Gasteiger partial charge in [-0.2, -0.15) is 0 Å². The van der Waals surface area contributed by atoms with Crippen molar-refractivity contribution >= 4 is 17.2 Å². The molecule has 116 valence electrons. The average molecular weight is 318 g/mol. The summed E-state index contributed by atoms with van der Waals surface area (Å²) >= 11 is 1.56. The van der Waals surface area contributed by atoms with Gasteiger partial charge in [0.15, 0.2) is 5.69 Å². The van der Waals surface area contributed by atoms with Crippen molar-refractivity contribution in [2.75, 3.05) is 13.2 Å². The number of amides is 1. The molecule has 1 aliphatic carbocycles. The van der Waals surface area contributed by atoms with Crippen LogP contribution in [0.4, 0.5) is 0 Å². The van der Waals surface area contributed by atoms with Crippen molar-refractivity contribution in [2.45, 2.75) is 38.3 Å². The zero-order valence-corrected chi connectivity index (χ0v) is 13.3. The predicted octanol–water partition coefficient (Wildman–Crippen LogP) is 3.11. The van der Waals surface area contributed by atoms with Gasteiger partial charge < -0.3 is 14.1 Å². The normalized spacial score (nSPS) is 24.5. The molecule has 1 saturated carbocycles. The molecule has 22 heavy (non-hydrogen) atoms. The Hall–Kier alpha value is -1.66. The van der Waals surface area contributed by atoms with Gasteiger partial charge in [0, 0.05) is 6.54 Å². The number of aromatic nitrogens is 1. The number of fused-ring (bicyclic) bond motifs is 1. The van der Waals surface area contributed by atoms with Gasteiger partial charge in [-0.15, -0.1) is 11.3 Å². The standard InChI is InChI=1S/C16H18N2O3S/c1-10-14(17-15(21-10)13-6-3-9-22-13)16(19)18-7-8-20-12-5-2-4-11(12)18/h3,6,9,11-12H,2,4-5,7-8H2,1H3/t11-,12-/m0/s1. The first-order chi connectivity index (χ1) is 10.7. The minimum absolute atomic E-state index is 0.0238. The Bertz CT molecular complexity index is 680. The summed E-state index contributed by atoms with van der Waals surface area (Å²) in [4.78, 5) is 20.2. The van der Waals surface area contributed by atoms with Crippen molar-refractivity contribution in [2.24, 2.45) is 0 Å². The molecule has 3 heterocycles. The van der Waals surface area contributed by atoms with E-state index in [0.717, 1.165) is 24.1 Å². The first-order valence-corrected chi connectivity index (χ1v) is 8.56. The fraction of sp³-hybridized carbons (Fsp3) is 0.500. The van der Waals surface area contributed by atoms with Gasteiger partial charge in [0.05, 0.1) is 23.6 Å². The van der Waals surface area contributed by atoms with Crippen LogP contribution < -0.4 is 0 Å². The third-order valence-corrected chi connectivity index (χ3v) is 5.33. The van der Waals surface area contributed by atoms with Crippen LogP contribution in [0.1, 0.15) is 35.5 Å². The molecule has 2 fully saturated rings. The average Bonchev–Trinajstić information content (AvgIpc) is 3.25. The number of nitrogens with zero attached hydrogens (tertiary/aromatic N) is 2. The number of oxazole rings is 1. The number of hydrogen-bond donors (Lipinski definition) is 0. The summed E-state index contributed by atoms with van der Waals surface area (Å²) in [5, 5.41) is 1.97. The molecule has 1 aliphatic heterocycles. The summed E-state index contributed by atoms with van der Waals surface area (Å²) in [5.41, 5.74) is 0.441. The first-order valence-electron chi connectivity index (χ1n) is 7.68. The molecular formula is C16H18N2O3S. The molecule has 0 spiro atoms. The summed E-state index contributed by atoms with van der Waals surface area (Å²) in [6.45, 7) is 3.06. The fourth-order valence-corrected chi connectivity index (χ4v) is 4.06. The van der Waals surface area contributed by atoms with Crippen molar-refractivity contribution in [3.8, 4) is 10.8 Å². The van der Waals surface area contributed by atoms with Crippen molar-refractivity contribution in [3.63, 3.8) is 0 Å². The lowest BCUT2D eigenvalue weighted by molar-refractivity contribution is -0.0447. The topological polar surface area (TPSA) is 55.6 Å². The highest BCUT2D eigenvalue weighted by molar-refractivity contribution is 7.13. The quantitative estimate of drug-likeness (QED) is 0.854. The second-order valence-electron chi connectivity index (χ2n) is 5.81. The van der Waals surface area contributed by atoms with Crippen LogP contribution in [0.5, 0.6) is 0 Å². The maximum atomic E-state index is 12.9. The smallest absolute Gasteiger partial charge is 0.276 e. The Labute approximate surface area is 132 Å². The van der Waals surface area contributed by atoms with E-state index in [1.807, 2.05) is 29.3 Å². The highest BCUT2D eigenvalue weighted by Crippen LogP contribution is 2.32. The molecule has 6 heteroatoms. The maximum absolute atomic E-state index is 12.9. The highest BCUT2D eigenvalue weighted by atomic mass is 32.1. The Morgan fingerprint density at radius 2 is 2.36 bits per heavy atom. The zero-order chi connectivity index (χ0) is 15.1. The Morgan fingerprint density at radius 1 is 1.45 bits per heavy atom. The monoisotopic (exact) mass is 318 g/mol. The summed E-state index contributed by atoms with van der Waals surface area (Å²) in [6.07, 6.45) is 3.39. The zero-order valence-electron chi connectivity index (χ0n) is 12.4. The van der Waals surface area contributed by atoms with E-state index in [4.69, 9.17) is 9.15 Å². The Morgan fingerprint density at radius 3 is 3.18 bits per heavy atom. The fourth-order valence-electron chi connectivity index (χ4n) is 3.41. The summed E-state index contributed by atoms with van der Waals surface area (Å²) < 4.78 is 11.5. The van der Waals surface area contributed by atoms with E-state index < -0.39 is 0 Å². The molecule has 2 aliphatic rings. The van der Waals surface area contributed by atoms with Crippen molar-refractivity contribution in [1.82, 2.24) is 9.88 Å². The van der Waals surface area contributed by atoms with E-state index in [1.54, 1.807) is 11.3 Å². The lowest BCUT2D eigenvalue weighted by Gasteiger charge is -2.37. The van der Waals surface area contributed by atoms with Gasteiger partial charge in [-0.05, 0) is 37.6 Å². The minimum atomic E-state index is -0.0238. The molecule has 1 amide bonds. The summed E-state index contributed by atoms with van der Waals surface area (Å²) in [6, 6.07) is 4.10. The van der Waals surface area contributed by atoms with Gasteiger partial charge in [-0.1, -0.05) is 6.07 Å². The van der Waals surface area contributed by atoms with Crippen LogP contribution in [0.25, 0.3) is 10.8 Å². The van der Waals surface area contributed by atoms with Gasteiger partial charge >= 0.3 is 0 Å². The van der Waals surface area contributed by atoms with Crippen LogP contribution in [0.15, 0.2) is 21.9 Å². The van der Waals surface area contributed by atoms with Crippen LogP contribution >= 0.6 is 11.3 Å². The van der Waals surface area contributed by atoms with Crippen molar-refractivity contribution in [1.29, 1.82) is 0 Å². The summed E-state index contributed by atoms with van der Waals surface area (Å²) in [7, 11) is 0. The number of thiophene rings is 1. The van der Waals surface area contributed by atoms with Gasteiger partial charge in [0.25, 0.3) is 5.91 Å². The van der Waals surface area contributed by atoms with E-state index >= 15 is 0 Å². The van der Waals surface area contributed by atoms with Gasteiger partial charge in [-0.3, -0.25) is 4.79 Å². The molecule has 0 unspecified atom stereocenters. The number of morpholine rings is 1. The molecule has 2 atom stereocenters. The molecule has 1 saturated heterocycles. The second kappa shape index (κ2) is 5.52. The SMILES string of the molecule is Cc1oc(-c2cccs2)nc1C(=O)N1CCO[C@H]2CCC[C@@H]21. The molecule has 4 rings (SSSR count). The van der Waals surface area contributed by atoms with Crippen LogP contribution in [-0.4, -0.2) is 41.1 Å². The van der Waals surface area contributed by atoms with Gasteiger partial charge in [0.1, 0.15) is 5.76 Å². The van der Waals surface area contributed by atoms with Gasteiger partial charge in [-0.25, -0.2) is 4.98 Å². The van der Waals surface area contributed by atoms with E-state index in [9.17, 15) is 4.79 Å². The molecular weight excluding hydrogens is 300 g/mol. The van der Waals surface area contributed by atoms with Crippen LogP contribution in [0.3, 0.4) is 0 Å². The van der Waals surface area contributed by atoms with Gasteiger partial charge in [0.2, 0.25) is 5.89 Å². The molecule has 0 bridgehead atoms. The number of hydrogen-bond acceptors (Lipinski definition) is 5. The Balaban J connectivity index is 1.62. The molecule has 0 aromatic carbocycles. The molecule has 0 N–H and O–H groups in total. The number of aryl methyl sites for hydroxylation is 1. The van der Waals surface area contributed by atoms with Crippen LogP contribution in [0, 0.1) is 6.92 Å². The number of carbonyl (C=O) groups excluding carboxylic acids is 1. The van der Waals surface area contributed by atoms with Crippen molar-refractivity contribution < 1.29 is 13.9 Å². The lowest BCUT2D eigenvalue weighted by atomic mass is 10.1. The highest BCUT2D eigenvalue weighted by Gasteiger charge is 2.39. The van der Waals surface area contributed by atoms with E-state index in [0.29, 0.717) is 30.5 Å². The van der Waals surface area contributed by atoms with E-state index in [2.05, 4.69) is 4.98 Å². The number of rotatable bonds is 2. The third kappa shape index (κ3) is 2.27. The molecule has 5 nitrogen and oxygen atoms in total. The lowest BCUT2D eigenvalue weighted by Crippen LogP contribution is -2.51. The van der Waals surface area contributed by atoms with Crippen LogP contribution in [0.2, 0.25) is 0 Å². The number of carbonyl (C=O) groups is 1. The van der Waals surface area contributed by atoms with E-state index in [-0.39, 0.29) is 18.1 Å². The number of ether oxygens (including phenoxy) is 1. The maximum Gasteiger partial charge on any atom is 0.276 e.